The molecule has 8 heteroatoms. The van der Waals surface area contributed by atoms with Gasteiger partial charge >= 0.3 is 0 Å². The van der Waals surface area contributed by atoms with E-state index in [0.29, 0.717) is 49.0 Å². The zero-order valence-corrected chi connectivity index (χ0v) is 23.6. The Labute approximate surface area is 240 Å². The second kappa shape index (κ2) is 11.7. The predicted octanol–water partition coefficient (Wildman–Crippen LogP) is 5.37. The maximum atomic E-state index is 13.0. The molecule has 1 saturated carbocycles. The molecule has 2 fully saturated rings. The molecule has 1 aromatic heterocycles. The van der Waals surface area contributed by atoms with Crippen LogP contribution in [0.5, 0.6) is 11.5 Å². The van der Waals surface area contributed by atoms with Crippen molar-refractivity contribution in [2.45, 2.75) is 33.2 Å². The minimum absolute atomic E-state index is 0.0261. The number of carbonyl (C=O) groups is 2. The number of carbonyl (C=O) groups excluding carboxylic acids is 2. The van der Waals surface area contributed by atoms with Gasteiger partial charge in [-0.2, -0.15) is 5.10 Å². The maximum absolute atomic E-state index is 13.0. The molecular weight excluding hydrogens is 516 g/mol. The summed E-state index contributed by atoms with van der Waals surface area (Å²) in [5.74, 6) is 2.46. The van der Waals surface area contributed by atoms with Crippen LogP contribution in [0.4, 0.5) is 0 Å². The number of amides is 2. The first-order valence-electron chi connectivity index (χ1n) is 14.4. The highest BCUT2D eigenvalue weighted by molar-refractivity contribution is 6.00. The van der Waals surface area contributed by atoms with E-state index < -0.39 is 0 Å². The van der Waals surface area contributed by atoms with Crippen LogP contribution in [0, 0.1) is 25.7 Å². The molecular formula is C33H36N4O4. The highest BCUT2D eigenvalue weighted by Gasteiger charge is 2.31. The Kier molecular flexibility index (Phi) is 7.74. The third kappa shape index (κ3) is 6.43. The molecule has 6 rings (SSSR count). The van der Waals surface area contributed by atoms with E-state index in [-0.39, 0.29) is 11.8 Å². The Balaban J connectivity index is 0.994. The number of ether oxygens (including phenoxy) is 2. The molecule has 0 bridgehead atoms. The Hall–Kier alpha value is -4.17. The number of nitrogens with zero attached hydrogens (tertiary/aromatic N) is 3. The topological polar surface area (TPSA) is 85.7 Å². The molecule has 8 nitrogen and oxygen atoms in total. The Morgan fingerprint density at radius 2 is 1.63 bits per heavy atom. The van der Waals surface area contributed by atoms with Gasteiger partial charge in [-0.3, -0.25) is 14.3 Å². The number of aryl methyl sites for hydroxylation is 2. The SMILES string of the molecule is Cc1ccc(Oc2ccc(C(=O)N3CC(Cn4cc5c(C)c(C(=O)NCCOCC6CC6)ccc5n4)C3)cc2)cc1. The van der Waals surface area contributed by atoms with Gasteiger partial charge in [-0.1, -0.05) is 17.7 Å². The fraction of sp³-hybridized carbons (Fsp3) is 0.364. The van der Waals surface area contributed by atoms with Gasteiger partial charge in [0.2, 0.25) is 0 Å². The number of fused-ring (bicyclic) bond motifs is 1. The van der Waals surface area contributed by atoms with Gasteiger partial charge in [0, 0.05) is 61.4 Å². The van der Waals surface area contributed by atoms with E-state index in [4.69, 9.17) is 14.6 Å². The summed E-state index contributed by atoms with van der Waals surface area (Å²) in [5, 5.41) is 8.67. The van der Waals surface area contributed by atoms with Gasteiger partial charge in [-0.05, 0) is 86.7 Å². The van der Waals surface area contributed by atoms with Gasteiger partial charge in [-0.25, -0.2) is 0 Å². The number of rotatable bonds is 11. The Morgan fingerprint density at radius 3 is 2.34 bits per heavy atom. The molecule has 2 heterocycles. The molecule has 0 unspecified atom stereocenters. The Morgan fingerprint density at radius 1 is 0.927 bits per heavy atom. The fourth-order valence-corrected chi connectivity index (χ4v) is 5.19. The van der Waals surface area contributed by atoms with Crippen LogP contribution in [0.25, 0.3) is 10.9 Å². The lowest BCUT2D eigenvalue weighted by Crippen LogP contribution is -2.51. The molecule has 1 saturated heterocycles. The van der Waals surface area contributed by atoms with E-state index in [1.165, 1.54) is 18.4 Å². The normalized spacial score (nSPS) is 15.1. The first-order valence-corrected chi connectivity index (χ1v) is 14.4. The number of hydrogen-bond acceptors (Lipinski definition) is 5. The van der Waals surface area contributed by atoms with Crippen LogP contribution in [0.3, 0.4) is 0 Å². The predicted molar refractivity (Wildman–Crippen MR) is 157 cm³/mol. The van der Waals surface area contributed by atoms with E-state index in [9.17, 15) is 9.59 Å². The van der Waals surface area contributed by atoms with Crippen LogP contribution in [0.2, 0.25) is 0 Å². The van der Waals surface area contributed by atoms with Crippen molar-refractivity contribution >= 4 is 22.7 Å². The van der Waals surface area contributed by atoms with Crippen LogP contribution >= 0.6 is 0 Å². The second-order valence-electron chi connectivity index (χ2n) is 11.3. The van der Waals surface area contributed by atoms with Crippen LogP contribution in [0.15, 0.2) is 66.9 Å². The standard InChI is InChI=1S/C33H36N4O4/c1-22-3-9-27(10-4-22)41-28-11-7-26(8-12-28)33(39)36-17-25(18-36)19-37-20-30-23(2)29(13-14-31(30)35-37)32(38)34-15-16-40-21-24-5-6-24/h3-4,7-14,20,24-25H,5-6,15-19,21H2,1-2H3,(H,34,38). The molecule has 3 aromatic carbocycles. The number of hydrogen-bond donors (Lipinski definition) is 1. The molecule has 2 aliphatic rings. The number of nitrogens with one attached hydrogen (secondary N) is 1. The largest absolute Gasteiger partial charge is 0.457 e. The maximum Gasteiger partial charge on any atom is 0.253 e. The number of likely N-dealkylation sites (tertiary alicyclic amines) is 1. The van der Waals surface area contributed by atoms with Crippen LogP contribution < -0.4 is 10.1 Å². The van der Waals surface area contributed by atoms with Crippen molar-refractivity contribution in [2.24, 2.45) is 11.8 Å². The summed E-state index contributed by atoms with van der Waals surface area (Å²) >= 11 is 0. The molecule has 1 N–H and O–H groups in total. The summed E-state index contributed by atoms with van der Waals surface area (Å²) in [7, 11) is 0. The third-order valence-corrected chi connectivity index (χ3v) is 7.88. The lowest BCUT2D eigenvalue weighted by atomic mass is 9.99. The third-order valence-electron chi connectivity index (χ3n) is 7.88. The minimum Gasteiger partial charge on any atom is -0.457 e. The van der Waals surface area contributed by atoms with E-state index in [0.717, 1.165) is 41.3 Å². The van der Waals surface area contributed by atoms with Gasteiger partial charge in [0.1, 0.15) is 11.5 Å². The van der Waals surface area contributed by atoms with Crippen molar-refractivity contribution in [3.05, 3.63) is 89.1 Å². The lowest BCUT2D eigenvalue weighted by molar-refractivity contribution is 0.0462. The fourth-order valence-electron chi connectivity index (χ4n) is 5.19. The van der Waals surface area contributed by atoms with Gasteiger partial charge in [0.15, 0.2) is 0 Å². The Bertz CT molecular complexity index is 1530. The zero-order chi connectivity index (χ0) is 28.3. The van der Waals surface area contributed by atoms with E-state index in [2.05, 4.69) is 5.32 Å². The molecule has 41 heavy (non-hydrogen) atoms. The summed E-state index contributed by atoms with van der Waals surface area (Å²) in [5.41, 5.74) is 4.28. The van der Waals surface area contributed by atoms with Crippen molar-refractivity contribution in [3.63, 3.8) is 0 Å². The van der Waals surface area contributed by atoms with Crippen molar-refractivity contribution in [1.82, 2.24) is 20.0 Å². The lowest BCUT2D eigenvalue weighted by Gasteiger charge is -2.39. The number of aromatic nitrogens is 2. The molecule has 2 amide bonds. The van der Waals surface area contributed by atoms with Crippen LogP contribution in [-0.2, 0) is 11.3 Å². The van der Waals surface area contributed by atoms with Crippen LogP contribution in [-0.4, -0.2) is 59.3 Å². The van der Waals surface area contributed by atoms with E-state index in [1.54, 1.807) is 0 Å². The first-order chi connectivity index (χ1) is 19.9. The van der Waals surface area contributed by atoms with Crippen LogP contribution in [0.1, 0.15) is 44.7 Å². The minimum atomic E-state index is -0.0879. The summed E-state index contributed by atoms with van der Waals surface area (Å²) in [4.78, 5) is 27.6. The van der Waals surface area contributed by atoms with E-state index >= 15 is 0 Å². The summed E-state index contributed by atoms with van der Waals surface area (Å²) in [6.07, 6.45) is 4.53. The average Bonchev–Trinajstić information content (AvgIpc) is 3.68. The van der Waals surface area contributed by atoms with Crippen molar-refractivity contribution in [1.29, 1.82) is 0 Å². The second-order valence-corrected chi connectivity index (χ2v) is 11.3. The molecule has 0 radical (unpaired) electrons. The summed E-state index contributed by atoms with van der Waals surface area (Å²) in [6.45, 7) is 7.94. The van der Waals surface area contributed by atoms with Crippen molar-refractivity contribution < 1.29 is 19.1 Å². The molecule has 1 aliphatic heterocycles. The van der Waals surface area contributed by atoms with Gasteiger partial charge in [0.25, 0.3) is 11.8 Å². The van der Waals surface area contributed by atoms with Gasteiger partial charge in [0.05, 0.1) is 12.1 Å². The smallest absolute Gasteiger partial charge is 0.253 e. The van der Waals surface area contributed by atoms with Gasteiger partial charge < -0.3 is 19.7 Å². The molecule has 0 atom stereocenters. The molecule has 1 aliphatic carbocycles. The highest BCUT2D eigenvalue weighted by Crippen LogP contribution is 2.29. The monoisotopic (exact) mass is 552 g/mol. The number of benzene rings is 3. The summed E-state index contributed by atoms with van der Waals surface area (Å²) < 4.78 is 13.4. The first kappa shape index (κ1) is 27.0. The molecule has 212 valence electrons. The van der Waals surface area contributed by atoms with Crippen molar-refractivity contribution in [2.75, 3.05) is 32.8 Å². The molecule has 4 aromatic rings. The average molecular weight is 553 g/mol. The van der Waals surface area contributed by atoms with E-state index in [1.807, 2.05) is 90.3 Å². The highest BCUT2D eigenvalue weighted by atomic mass is 16.5. The summed E-state index contributed by atoms with van der Waals surface area (Å²) in [6, 6.07) is 18.9. The zero-order valence-electron chi connectivity index (χ0n) is 23.6. The van der Waals surface area contributed by atoms with Crippen molar-refractivity contribution in [3.8, 4) is 11.5 Å². The van der Waals surface area contributed by atoms with Gasteiger partial charge in [-0.15, -0.1) is 0 Å². The molecule has 0 spiro atoms. The quantitative estimate of drug-likeness (QED) is 0.253.